The lowest BCUT2D eigenvalue weighted by molar-refractivity contribution is -0.123. The van der Waals surface area contributed by atoms with E-state index in [9.17, 15) is 9.18 Å². The summed E-state index contributed by atoms with van der Waals surface area (Å²) < 4.78 is 24.9. The van der Waals surface area contributed by atoms with Crippen LogP contribution in [0.4, 0.5) is 4.39 Å². The van der Waals surface area contributed by atoms with Crippen molar-refractivity contribution in [3.05, 3.63) is 59.4 Å². The van der Waals surface area contributed by atoms with Crippen molar-refractivity contribution in [2.75, 3.05) is 7.11 Å². The Kier molecular flexibility index (Phi) is 5.13. The third kappa shape index (κ3) is 3.65. The maximum atomic E-state index is 13.7. The second kappa shape index (κ2) is 7.33. The van der Waals surface area contributed by atoms with E-state index in [1.54, 1.807) is 31.4 Å². The van der Waals surface area contributed by atoms with E-state index in [1.165, 1.54) is 6.07 Å². The van der Waals surface area contributed by atoms with Gasteiger partial charge in [-0.1, -0.05) is 24.3 Å². The van der Waals surface area contributed by atoms with Crippen LogP contribution < -0.4 is 20.5 Å². The first kappa shape index (κ1) is 18.2. The fraction of sp³-hybridized carbons (Fsp3) is 0.350. The van der Waals surface area contributed by atoms with Gasteiger partial charge in [0.15, 0.2) is 11.5 Å². The summed E-state index contributed by atoms with van der Waals surface area (Å²) in [6.45, 7) is 1.93. The molecule has 2 aromatic carbocycles. The lowest BCUT2D eigenvalue weighted by Gasteiger charge is -2.22. The largest absolute Gasteiger partial charge is 0.493 e. The first-order valence-electron chi connectivity index (χ1n) is 8.55. The summed E-state index contributed by atoms with van der Waals surface area (Å²) in [6, 6.07) is 12.1. The molecule has 1 heterocycles. The first-order chi connectivity index (χ1) is 12.4. The summed E-state index contributed by atoms with van der Waals surface area (Å²) in [5.74, 6) is 0.448. The van der Waals surface area contributed by atoms with E-state index in [1.807, 2.05) is 19.1 Å². The standard InChI is InChI=1S/C20H23FN2O3/c1-20(19(22)24)10-9-16(23-20)13-7-8-17(18(11-13)25-2)26-12-14-5-3-4-6-15(14)21/h3-8,11,16,23H,9-10,12H2,1-2H3,(H2,22,24)/t16-,20+/m1/s1. The minimum absolute atomic E-state index is 0.0158. The van der Waals surface area contributed by atoms with Crippen molar-refractivity contribution in [3.8, 4) is 11.5 Å². The van der Waals surface area contributed by atoms with E-state index in [0.29, 0.717) is 23.5 Å². The number of nitrogens with two attached hydrogens (primary N) is 1. The van der Waals surface area contributed by atoms with Crippen molar-refractivity contribution in [3.63, 3.8) is 0 Å². The normalized spacial score (nSPS) is 22.2. The molecule has 1 aliphatic rings. The van der Waals surface area contributed by atoms with Gasteiger partial charge in [0.1, 0.15) is 12.4 Å². The number of primary amides is 1. The number of ether oxygens (including phenoxy) is 2. The first-order valence-corrected chi connectivity index (χ1v) is 8.55. The van der Waals surface area contributed by atoms with Crippen LogP contribution in [-0.2, 0) is 11.4 Å². The van der Waals surface area contributed by atoms with Gasteiger partial charge >= 0.3 is 0 Å². The molecule has 2 atom stereocenters. The van der Waals surface area contributed by atoms with Crippen molar-refractivity contribution in [2.24, 2.45) is 5.73 Å². The molecule has 6 heteroatoms. The molecule has 0 radical (unpaired) electrons. The van der Waals surface area contributed by atoms with Gasteiger partial charge in [-0.15, -0.1) is 0 Å². The maximum Gasteiger partial charge on any atom is 0.237 e. The van der Waals surface area contributed by atoms with Gasteiger partial charge in [-0.05, 0) is 43.5 Å². The predicted octanol–water partition coefficient (Wildman–Crippen LogP) is 3.08. The van der Waals surface area contributed by atoms with Crippen molar-refractivity contribution in [1.29, 1.82) is 0 Å². The molecule has 1 amide bonds. The van der Waals surface area contributed by atoms with Crippen molar-refractivity contribution in [2.45, 2.75) is 38.0 Å². The summed E-state index contributed by atoms with van der Waals surface area (Å²) >= 11 is 0. The van der Waals surface area contributed by atoms with Gasteiger partial charge in [0.25, 0.3) is 0 Å². The van der Waals surface area contributed by atoms with E-state index in [4.69, 9.17) is 15.2 Å². The van der Waals surface area contributed by atoms with Crippen molar-refractivity contribution in [1.82, 2.24) is 5.32 Å². The Morgan fingerprint density at radius 1 is 1.31 bits per heavy atom. The molecule has 1 saturated heterocycles. The number of benzene rings is 2. The highest BCUT2D eigenvalue weighted by Crippen LogP contribution is 2.37. The molecule has 3 N–H and O–H groups in total. The van der Waals surface area contributed by atoms with Gasteiger partial charge in [0, 0.05) is 11.6 Å². The van der Waals surface area contributed by atoms with Crippen molar-refractivity contribution >= 4 is 5.91 Å². The van der Waals surface area contributed by atoms with Gasteiger partial charge in [-0.3, -0.25) is 10.1 Å². The average Bonchev–Trinajstić information content (AvgIpc) is 3.05. The Morgan fingerprint density at radius 3 is 2.73 bits per heavy atom. The Labute approximate surface area is 152 Å². The Bertz CT molecular complexity index is 811. The summed E-state index contributed by atoms with van der Waals surface area (Å²) in [6.07, 6.45) is 1.48. The fourth-order valence-corrected chi connectivity index (χ4v) is 3.20. The Hall–Kier alpha value is -2.60. The Morgan fingerprint density at radius 2 is 2.08 bits per heavy atom. The molecule has 1 fully saturated rings. The topological polar surface area (TPSA) is 73.6 Å². The van der Waals surface area contributed by atoms with E-state index in [-0.39, 0.29) is 24.4 Å². The molecule has 26 heavy (non-hydrogen) atoms. The van der Waals surface area contributed by atoms with Crippen molar-refractivity contribution < 1.29 is 18.7 Å². The number of hydrogen-bond donors (Lipinski definition) is 2. The van der Waals surface area contributed by atoms with Crippen LogP contribution in [-0.4, -0.2) is 18.6 Å². The third-order valence-corrected chi connectivity index (χ3v) is 4.90. The Balaban J connectivity index is 1.74. The van der Waals surface area contributed by atoms with Crippen LogP contribution >= 0.6 is 0 Å². The quantitative estimate of drug-likeness (QED) is 0.832. The molecule has 3 rings (SSSR count). The number of methoxy groups -OCH3 is 1. The van der Waals surface area contributed by atoms with Crippen LogP contribution in [0.15, 0.2) is 42.5 Å². The van der Waals surface area contributed by atoms with Crippen LogP contribution in [0.25, 0.3) is 0 Å². The lowest BCUT2D eigenvalue weighted by Crippen LogP contribution is -2.49. The van der Waals surface area contributed by atoms with Crippen LogP contribution in [0.1, 0.15) is 36.9 Å². The molecule has 0 aliphatic carbocycles. The maximum absolute atomic E-state index is 13.7. The highest BCUT2D eigenvalue weighted by atomic mass is 19.1. The summed E-state index contributed by atoms with van der Waals surface area (Å²) in [5, 5.41) is 3.30. The number of halogens is 1. The summed E-state index contributed by atoms with van der Waals surface area (Å²) in [7, 11) is 1.56. The number of carbonyl (C=O) groups is 1. The highest BCUT2D eigenvalue weighted by Gasteiger charge is 2.39. The molecule has 0 bridgehead atoms. The van der Waals surface area contributed by atoms with E-state index >= 15 is 0 Å². The second-order valence-corrected chi connectivity index (χ2v) is 6.72. The molecule has 2 aromatic rings. The zero-order valence-corrected chi connectivity index (χ0v) is 14.9. The molecular weight excluding hydrogens is 335 g/mol. The number of rotatable bonds is 6. The lowest BCUT2D eigenvalue weighted by atomic mass is 9.99. The highest BCUT2D eigenvalue weighted by molar-refractivity contribution is 5.84. The van der Waals surface area contributed by atoms with Crippen LogP contribution in [0, 0.1) is 5.82 Å². The molecular formula is C20H23FN2O3. The number of carbonyl (C=O) groups excluding carboxylic acids is 1. The zero-order chi connectivity index (χ0) is 18.7. The predicted molar refractivity (Wildman–Crippen MR) is 96.4 cm³/mol. The SMILES string of the molecule is COc1cc([C@H]2CC[C@@](C)(C(N)=O)N2)ccc1OCc1ccccc1F. The van der Waals surface area contributed by atoms with Gasteiger partial charge in [-0.25, -0.2) is 4.39 Å². The zero-order valence-electron chi connectivity index (χ0n) is 14.9. The molecule has 0 spiro atoms. The minimum atomic E-state index is -0.697. The van der Waals surface area contributed by atoms with E-state index in [0.717, 1.165) is 12.0 Å². The van der Waals surface area contributed by atoms with E-state index in [2.05, 4.69) is 5.32 Å². The molecule has 138 valence electrons. The van der Waals surface area contributed by atoms with E-state index < -0.39 is 5.54 Å². The minimum Gasteiger partial charge on any atom is -0.493 e. The van der Waals surface area contributed by atoms with Gasteiger partial charge in [0.05, 0.1) is 12.6 Å². The average molecular weight is 358 g/mol. The molecule has 0 unspecified atom stereocenters. The monoisotopic (exact) mass is 358 g/mol. The molecule has 5 nitrogen and oxygen atoms in total. The molecule has 0 aromatic heterocycles. The fourth-order valence-electron chi connectivity index (χ4n) is 3.20. The van der Waals surface area contributed by atoms with Gasteiger partial charge in [0.2, 0.25) is 5.91 Å². The third-order valence-electron chi connectivity index (χ3n) is 4.90. The number of nitrogens with one attached hydrogen (secondary N) is 1. The smallest absolute Gasteiger partial charge is 0.237 e. The number of hydrogen-bond acceptors (Lipinski definition) is 4. The molecule has 1 aliphatic heterocycles. The van der Waals surface area contributed by atoms with Crippen LogP contribution in [0.3, 0.4) is 0 Å². The summed E-state index contributed by atoms with van der Waals surface area (Å²) in [4.78, 5) is 11.6. The summed E-state index contributed by atoms with van der Waals surface area (Å²) in [5.41, 5.74) is 6.26. The number of amides is 1. The molecule has 0 saturated carbocycles. The second-order valence-electron chi connectivity index (χ2n) is 6.72. The van der Waals surface area contributed by atoms with Crippen LogP contribution in [0.2, 0.25) is 0 Å². The van der Waals surface area contributed by atoms with Gasteiger partial charge < -0.3 is 15.2 Å². The van der Waals surface area contributed by atoms with Crippen LogP contribution in [0.5, 0.6) is 11.5 Å². The van der Waals surface area contributed by atoms with Gasteiger partial charge in [-0.2, -0.15) is 0 Å².